The first-order chi connectivity index (χ1) is 19.6. The number of amides is 4. The molecule has 2 aromatic carbocycles. The third kappa shape index (κ3) is 8.23. The maximum Gasteiger partial charge on any atom is 0.411 e. The molecule has 4 amide bonds. The van der Waals surface area contributed by atoms with Gasteiger partial charge in [-0.2, -0.15) is 10.1 Å². The predicted octanol–water partition coefficient (Wildman–Crippen LogP) is -1.00. The average molecular weight is 609 g/mol. The highest BCUT2D eigenvalue weighted by Gasteiger charge is 2.22. The highest BCUT2D eigenvalue weighted by atomic mass is 35.5. The maximum atomic E-state index is 12.7. The van der Waals surface area contributed by atoms with Gasteiger partial charge in [0.2, 0.25) is 6.33 Å². The van der Waals surface area contributed by atoms with Crippen molar-refractivity contribution in [1.29, 1.82) is 0 Å². The SMILES string of the molecule is COC(=O)Nc1ccc(N(O)C(=O)Cn2cc[n+](CC(=O)N(O)c3ccc(NC(=O)OC)c(OC)c3)c2)cc1OC.[Cl-]. The van der Waals surface area contributed by atoms with Gasteiger partial charge >= 0.3 is 12.2 Å². The second-order valence-electron chi connectivity index (χ2n) is 8.17. The van der Waals surface area contributed by atoms with E-state index in [-0.39, 0.29) is 59.7 Å². The molecule has 0 atom stereocenters. The third-order valence-corrected chi connectivity index (χ3v) is 5.56. The van der Waals surface area contributed by atoms with E-state index in [1.165, 1.54) is 92.7 Å². The van der Waals surface area contributed by atoms with E-state index in [2.05, 4.69) is 20.1 Å². The molecule has 226 valence electrons. The Morgan fingerprint density at radius 2 is 1.29 bits per heavy atom. The lowest BCUT2D eigenvalue weighted by Gasteiger charge is -2.17. The molecule has 0 spiro atoms. The number of benzene rings is 2. The van der Waals surface area contributed by atoms with E-state index >= 15 is 0 Å². The van der Waals surface area contributed by atoms with Crippen LogP contribution in [0.25, 0.3) is 0 Å². The van der Waals surface area contributed by atoms with Crippen LogP contribution in [0.2, 0.25) is 0 Å². The fourth-order valence-electron chi connectivity index (χ4n) is 3.51. The molecule has 0 saturated heterocycles. The Bertz CT molecular complexity index is 1330. The van der Waals surface area contributed by atoms with Crippen molar-refractivity contribution in [2.24, 2.45) is 0 Å². The van der Waals surface area contributed by atoms with Crippen molar-refractivity contribution < 1.29 is 65.5 Å². The second kappa shape index (κ2) is 15.1. The highest BCUT2D eigenvalue weighted by Crippen LogP contribution is 2.30. The summed E-state index contributed by atoms with van der Waals surface area (Å²) in [5.74, 6) is -1.08. The van der Waals surface area contributed by atoms with Gasteiger partial charge in [-0.15, -0.1) is 0 Å². The number of carbonyl (C=O) groups is 4. The zero-order chi connectivity index (χ0) is 30.1. The van der Waals surface area contributed by atoms with Crippen LogP contribution in [0.3, 0.4) is 0 Å². The summed E-state index contributed by atoms with van der Waals surface area (Å²) in [6.07, 6.45) is 3.00. The average Bonchev–Trinajstić information content (AvgIpc) is 3.42. The lowest BCUT2D eigenvalue weighted by Crippen LogP contribution is -3.00. The first kappa shape index (κ1) is 33.1. The van der Waals surface area contributed by atoms with Gasteiger partial charge in [0.15, 0.2) is 13.1 Å². The number of halogens is 1. The maximum absolute atomic E-state index is 12.7. The Morgan fingerprint density at radius 3 is 1.74 bits per heavy atom. The first-order valence-electron chi connectivity index (χ1n) is 11.7. The third-order valence-electron chi connectivity index (χ3n) is 5.56. The van der Waals surface area contributed by atoms with Crippen LogP contribution in [0.4, 0.5) is 32.3 Å². The van der Waals surface area contributed by atoms with Gasteiger partial charge in [-0.25, -0.2) is 18.7 Å². The monoisotopic (exact) mass is 608 g/mol. The summed E-state index contributed by atoms with van der Waals surface area (Å²) >= 11 is 0. The van der Waals surface area contributed by atoms with Crippen LogP contribution in [0.5, 0.6) is 11.5 Å². The van der Waals surface area contributed by atoms with Crippen LogP contribution in [0.15, 0.2) is 55.1 Å². The molecule has 0 aliphatic heterocycles. The second-order valence-corrected chi connectivity index (χ2v) is 8.17. The zero-order valence-corrected chi connectivity index (χ0v) is 23.7. The molecule has 1 aromatic heterocycles. The predicted molar refractivity (Wildman–Crippen MR) is 141 cm³/mol. The van der Waals surface area contributed by atoms with Crippen molar-refractivity contribution in [2.45, 2.75) is 13.1 Å². The number of carbonyl (C=O) groups excluding carboxylic acids is 4. The molecule has 0 unspecified atom stereocenters. The van der Waals surface area contributed by atoms with Crippen LogP contribution in [-0.2, 0) is 32.2 Å². The Labute approximate surface area is 245 Å². The summed E-state index contributed by atoms with van der Waals surface area (Å²) in [4.78, 5) is 48.3. The zero-order valence-electron chi connectivity index (χ0n) is 22.9. The molecule has 3 aromatic rings. The smallest absolute Gasteiger partial charge is 0.411 e. The number of nitrogens with zero attached hydrogens (tertiary/aromatic N) is 4. The van der Waals surface area contributed by atoms with E-state index in [1.54, 1.807) is 0 Å². The molecule has 0 fully saturated rings. The van der Waals surface area contributed by atoms with Crippen molar-refractivity contribution in [2.75, 3.05) is 49.2 Å². The van der Waals surface area contributed by atoms with Gasteiger partial charge in [0.1, 0.15) is 23.9 Å². The number of hydrogen-bond acceptors (Lipinski definition) is 10. The molecular formula is C25H29ClN6O10. The van der Waals surface area contributed by atoms with E-state index in [0.29, 0.717) is 10.1 Å². The first-order valence-corrected chi connectivity index (χ1v) is 11.7. The molecule has 42 heavy (non-hydrogen) atoms. The highest BCUT2D eigenvalue weighted by molar-refractivity contribution is 5.93. The summed E-state index contributed by atoms with van der Waals surface area (Å²) in [6.45, 7) is -0.590. The Hall–Kier alpha value is -5.06. The number of rotatable bonds is 10. The molecule has 4 N–H and O–H groups in total. The number of nitrogens with one attached hydrogen (secondary N) is 2. The van der Waals surface area contributed by atoms with Crippen molar-refractivity contribution in [3.8, 4) is 11.5 Å². The quantitative estimate of drug-likeness (QED) is 0.126. The minimum absolute atomic E-state index is 0. The fourth-order valence-corrected chi connectivity index (χ4v) is 3.51. The minimum Gasteiger partial charge on any atom is -1.00 e. The van der Waals surface area contributed by atoms with E-state index in [1.807, 2.05) is 0 Å². The van der Waals surface area contributed by atoms with Crippen LogP contribution in [0, 0.1) is 0 Å². The molecule has 0 bridgehead atoms. The number of hydrogen-bond donors (Lipinski definition) is 4. The van der Waals surface area contributed by atoms with Gasteiger partial charge in [-0.05, 0) is 24.3 Å². The largest absolute Gasteiger partial charge is 1.00 e. The van der Waals surface area contributed by atoms with E-state index < -0.39 is 24.0 Å². The van der Waals surface area contributed by atoms with Gasteiger partial charge in [-0.3, -0.25) is 30.6 Å². The van der Waals surface area contributed by atoms with Gasteiger partial charge in [-0.1, -0.05) is 0 Å². The van der Waals surface area contributed by atoms with Crippen LogP contribution in [-0.4, -0.2) is 67.4 Å². The number of aromatic nitrogens is 2. The molecule has 0 radical (unpaired) electrons. The van der Waals surface area contributed by atoms with Crippen LogP contribution in [0.1, 0.15) is 0 Å². The summed E-state index contributed by atoms with van der Waals surface area (Å²) < 4.78 is 22.3. The number of ether oxygens (including phenoxy) is 4. The van der Waals surface area contributed by atoms with Gasteiger partial charge in [0.25, 0.3) is 11.8 Å². The molecule has 1 heterocycles. The summed E-state index contributed by atoms with van der Waals surface area (Å²) in [5, 5.41) is 26.6. The summed E-state index contributed by atoms with van der Waals surface area (Å²) in [6, 6.07) is 8.33. The number of hydroxylamine groups is 2. The molecule has 17 heteroatoms. The molecular weight excluding hydrogens is 580 g/mol. The van der Waals surface area contributed by atoms with Crippen LogP contribution >= 0.6 is 0 Å². The molecule has 3 rings (SSSR count). The fraction of sp³-hybridized carbons (Fsp3) is 0.240. The van der Waals surface area contributed by atoms with Crippen molar-refractivity contribution in [1.82, 2.24) is 4.57 Å². The lowest BCUT2D eigenvalue weighted by molar-refractivity contribution is -0.683. The normalized spacial score (nSPS) is 10.0. The number of anilines is 4. The molecule has 0 aliphatic rings. The molecule has 0 aliphatic carbocycles. The van der Waals surface area contributed by atoms with Crippen molar-refractivity contribution in [3.05, 3.63) is 55.1 Å². The summed E-state index contributed by atoms with van der Waals surface area (Å²) in [5.41, 5.74) is 0.698. The Morgan fingerprint density at radius 1 is 0.810 bits per heavy atom. The van der Waals surface area contributed by atoms with E-state index in [0.717, 1.165) is 0 Å². The molecule has 16 nitrogen and oxygen atoms in total. The Kier molecular flexibility index (Phi) is 11.9. The number of methoxy groups -OCH3 is 4. The number of imidazole rings is 1. The van der Waals surface area contributed by atoms with E-state index in [9.17, 15) is 29.6 Å². The van der Waals surface area contributed by atoms with E-state index in [4.69, 9.17) is 9.47 Å². The minimum atomic E-state index is -0.720. The molecule has 0 saturated carbocycles. The topological polar surface area (TPSA) is 185 Å². The summed E-state index contributed by atoms with van der Waals surface area (Å²) in [7, 11) is 5.11. The van der Waals surface area contributed by atoms with Gasteiger partial charge in [0.05, 0.1) is 51.2 Å². The van der Waals surface area contributed by atoms with Gasteiger partial charge in [0, 0.05) is 12.1 Å². The van der Waals surface area contributed by atoms with Crippen molar-refractivity contribution >= 4 is 46.8 Å². The Balaban J connectivity index is 0.00000616. The lowest BCUT2D eigenvalue weighted by atomic mass is 10.2. The van der Waals surface area contributed by atoms with Crippen LogP contribution < -0.4 is 47.2 Å². The van der Waals surface area contributed by atoms with Crippen molar-refractivity contribution in [3.63, 3.8) is 0 Å². The van der Waals surface area contributed by atoms with Gasteiger partial charge < -0.3 is 31.4 Å². The standard InChI is InChI=1S/C25H28N6O10.ClH/c1-38-20-11-16(5-7-18(20)26-24(34)40-3)30(36)22(32)13-28-9-10-29(15-28)14-23(33)31(37)17-6-8-19(21(12-17)39-2)27-25(35)41-4;/h5-12,15,36-37H,13-14H2,1-4H3,(H-,26,27,34,35);1H.